The first-order chi connectivity index (χ1) is 9.35. The van der Waals surface area contributed by atoms with Crippen molar-refractivity contribution >= 4 is 11.3 Å². The van der Waals surface area contributed by atoms with Crippen molar-refractivity contribution in [2.24, 2.45) is 5.92 Å². The Morgan fingerprint density at radius 2 is 2.21 bits per heavy atom. The summed E-state index contributed by atoms with van der Waals surface area (Å²) >= 11 is 1.81. The van der Waals surface area contributed by atoms with Crippen LogP contribution in [0, 0.1) is 5.92 Å². The zero-order chi connectivity index (χ0) is 12.7. The molecule has 2 aliphatic carbocycles. The van der Waals surface area contributed by atoms with E-state index < -0.39 is 0 Å². The number of rotatable bonds is 3. The first kappa shape index (κ1) is 12.3. The van der Waals surface area contributed by atoms with E-state index in [1.807, 2.05) is 17.5 Å². The molecule has 1 spiro atoms. The van der Waals surface area contributed by atoms with E-state index in [1.54, 1.807) is 0 Å². The first-order valence-corrected chi connectivity index (χ1v) is 8.60. The van der Waals surface area contributed by atoms with Gasteiger partial charge >= 0.3 is 0 Å². The molecule has 1 atom stereocenters. The van der Waals surface area contributed by atoms with Crippen molar-refractivity contribution in [3.8, 4) is 0 Å². The topological polar surface area (TPSA) is 28.2 Å². The average Bonchev–Trinajstić information content (AvgIpc) is 2.94. The van der Waals surface area contributed by atoms with Crippen LogP contribution in [-0.2, 0) is 6.54 Å². The van der Waals surface area contributed by atoms with Crippen LogP contribution in [0.15, 0.2) is 11.6 Å². The van der Waals surface area contributed by atoms with Gasteiger partial charge in [0, 0.05) is 36.2 Å². The smallest absolute Gasteiger partial charge is 0.107 e. The average molecular weight is 277 g/mol. The van der Waals surface area contributed by atoms with Crippen LogP contribution in [-0.4, -0.2) is 34.6 Å². The summed E-state index contributed by atoms with van der Waals surface area (Å²) in [5.41, 5.74) is 0.433. The van der Waals surface area contributed by atoms with Crippen LogP contribution in [0.4, 0.5) is 0 Å². The van der Waals surface area contributed by atoms with E-state index in [0.717, 1.165) is 18.5 Å². The third kappa shape index (κ3) is 2.46. The van der Waals surface area contributed by atoms with Gasteiger partial charge in [-0.1, -0.05) is 12.8 Å². The molecule has 0 radical (unpaired) electrons. The summed E-state index contributed by atoms with van der Waals surface area (Å²) in [7, 11) is 0. The van der Waals surface area contributed by atoms with E-state index in [-0.39, 0.29) is 0 Å². The lowest BCUT2D eigenvalue weighted by molar-refractivity contribution is 0.0627. The molecule has 3 aliphatic rings. The molecule has 4 rings (SSSR count). The number of nitrogens with zero attached hydrogens (tertiary/aromatic N) is 2. The van der Waals surface area contributed by atoms with Crippen molar-refractivity contribution in [1.29, 1.82) is 0 Å². The minimum Gasteiger partial charge on any atom is -0.308 e. The minimum absolute atomic E-state index is 0.433. The lowest BCUT2D eigenvalue weighted by atomic mass is 9.91. The van der Waals surface area contributed by atoms with E-state index in [2.05, 4.69) is 20.6 Å². The van der Waals surface area contributed by atoms with Gasteiger partial charge in [-0.2, -0.15) is 0 Å². The fourth-order valence-electron chi connectivity index (χ4n) is 4.02. The van der Waals surface area contributed by atoms with Gasteiger partial charge in [-0.3, -0.25) is 4.90 Å². The second-order valence-corrected chi connectivity index (χ2v) is 7.58. The quantitative estimate of drug-likeness (QED) is 0.920. The highest BCUT2D eigenvalue weighted by Crippen LogP contribution is 2.41. The van der Waals surface area contributed by atoms with Gasteiger partial charge < -0.3 is 5.32 Å². The summed E-state index contributed by atoms with van der Waals surface area (Å²) in [5, 5.41) is 7.32. The number of hydrogen-bond donors (Lipinski definition) is 1. The Kier molecular flexibility index (Phi) is 3.13. The van der Waals surface area contributed by atoms with Crippen LogP contribution >= 0.6 is 11.3 Å². The molecular weight excluding hydrogens is 254 g/mol. The molecule has 4 heteroatoms. The monoisotopic (exact) mass is 277 g/mol. The fourth-order valence-corrected chi connectivity index (χ4v) is 4.66. The second kappa shape index (κ2) is 4.83. The summed E-state index contributed by atoms with van der Waals surface area (Å²) in [5.74, 6) is 0.950. The molecular formula is C15H23N3S. The summed E-state index contributed by atoms with van der Waals surface area (Å²) < 4.78 is 0. The highest BCUT2D eigenvalue weighted by molar-refractivity contribution is 7.09. The maximum atomic E-state index is 4.50. The summed E-state index contributed by atoms with van der Waals surface area (Å²) in [4.78, 5) is 7.24. The standard InChI is InChI=1S/C15H23N3S/c1-2-6-15(5-1)11-18(10-14-16-7-8-19-14)13(9-17-15)12-3-4-12/h7-8,12-13,17H,1-6,9-11H2. The molecule has 2 heterocycles. The molecule has 1 aromatic rings. The van der Waals surface area contributed by atoms with Crippen LogP contribution in [0.3, 0.4) is 0 Å². The maximum Gasteiger partial charge on any atom is 0.107 e. The van der Waals surface area contributed by atoms with E-state index in [9.17, 15) is 0 Å². The molecule has 1 N–H and O–H groups in total. The van der Waals surface area contributed by atoms with E-state index in [4.69, 9.17) is 0 Å². The molecule has 1 aliphatic heterocycles. The Morgan fingerprint density at radius 3 is 2.89 bits per heavy atom. The number of thiazole rings is 1. The van der Waals surface area contributed by atoms with Crippen molar-refractivity contribution in [2.75, 3.05) is 13.1 Å². The maximum absolute atomic E-state index is 4.50. The molecule has 1 aromatic heterocycles. The fraction of sp³-hybridized carbons (Fsp3) is 0.800. The molecule has 1 saturated heterocycles. The van der Waals surface area contributed by atoms with Crippen molar-refractivity contribution < 1.29 is 0 Å². The lowest BCUT2D eigenvalue weighted by Gasteiger charge is -2.46. The lowest BCUT2D eigenvalue weighted by Crippen LogP contribution is -2.63. The highest BCUT2D eigenvalue weighted by atomic mass is 32.1. The van der Waals surface area contributed by atoms with Gasteiger partial charge in [0.05, 0.1) is 6.54 Å². The molecule has 2 saturated carbocycles. The highest BCUT2D eigenvalue weighted by Gasteiger charge is 2.45. The molecule has 104 valence electrons. The van der Waals surface area contributed by atoms with E-state index in [1.165, 1.54) is 56.6 Å². The van der Waals surface area contributed by atoms with Gasteiger partial charge in [-0.15, -0.1) is 11.3 Å². The Labute approximate surface area is 119 Å². The Balaban J connectivity index is 1.51. The number of nitrogens with one attached hydrogen (secondary N) is 1. The van der Waals surface area contributed by atoms with E-state index >= 15 is 0 Å². The van der Waals surface area contributed by atoms with Gasteiger partial charge in [0.2, 0.25) is 0 Å². The van der Waals surface area contributed by atoms with Crippen LogP contribution < -0.4 is 5.32 Å². The summed E-state index contributed by atoms with van der Waals surface area (Å²) in [6, 6.07) is 0.759. The molecule has 3 fully saturated rings. The van der Waals surface area contributed by atoms with Crippen molar-refractivity contribution in [3.05, 3.63) is 16.6 Å². The zero-order valence-corrected chi connectivity index (χ0v) is 12.3. The van der Waals surface area contributed by atoms with Gasteiger partial charge in [-0.05, 0) is 31.6 Å². The predicted molar refractivity (Wildman–Crippen MR) is 78.2 cm³/mol. The molecule has 0 aromatic carbocycles. The Bertz CT molecular complexity index is 421. The number of piperazine rings is 1. The van der Waals surface area contributed by atoms with Gasteiger partial charge in [-0.25, -0.2) is 4.98 Å². The normalized spacial score (nSPS) is 31.1. The first-order valence-electron chi connectivity index (χ1n) is 7.72. The van der Waals surface area contributed by atoms with Crippen LogP contribution in [0.2, 0.25) is 0 Å². The van der Waals surface area contributed by atoms with Crippen LogP contribution in [0.25, 0.3) is 0 Å². The number of hydrogen-bond acceptors (Lipinski definition) is 4. The predicted octanol–water partition coefficient (Wildman–Crippen LogP) is 2.64. The van der Waals surface area contributed by atoms with Crippen LogP contribution in [0.1, 0.15) is 43.5 Å². The third-order valence-corrected chi connectivity index (χ3v) is 5.97. The molecule has 1 unspecified atom stereocenters. The molecule has 19 heavy (non-hydrogen) atoms. The van der Waals surface area contributed by atoms with Crippen molar-refractivity contribution in [1.82, 2.24) is 15.2 Å². The summed E-state index contributed by atoms with van der Waals surface area (Å²) in [6.07, 6.45) is 10.4. The van der Waals surface area contributed by atoms with Gasteiger partial charge in [0.1, 0.15) is 5.01 Å². The van der Waals surface area contributed by atoms with Crippen molar-refractivity contribution in [2.45, 2.75) is 56.7 Å². The Hall–Kier alpha value is -0.450. The largest absolute Gasteiger partial charge is 0.308 e. The third-order valence-electron chi connectivity index (χ3n) is 5.21. The van der Waals surface area contributed by atoms with Gasteiger partial charge in [0.25, 0.3) is 0 Å². The Morgan fingerprint density at radius 1 is 1.37 bits per heavy atom. The zero-order valence-electron chi connectivity index (χ0n) is 11.5. The van der Waals surface area contributed by atoms with E-state index in [0.29, 0.717) is 5.54 Å². The second-order valence-electron chi connectivity index (χ2n) is 6.60. The SMILES string of the molecule is c1csc(CN2CC3(CCCC3)NCC2C2CC2)n1. The van der Waals surface area contributed by atoms with Crippen LogP contribution in [0.5, 0.6) is 0 Å². The number of aromatic nitrogens is 1. The summed E-state index contributed by atoms with van der Waals surface area (Å²) in [6.45, 7) is 3.52. The van der Waals surface area contributed by atoms with Crippen molar-refractivity contribution in [3.63, 3.8) is 0 Å². The molecule has 0 amide bonds. The minimum atomic E-state index is 0.433. The van der Waals surface area contributed by atoms with Gasteiger partial charge in [0.15, 0.2) is 0 Å². The molecule has 3 nitrogen and oxygen atoms in total. The molecule has 0 bridgehead atoms.